The van der Waals surface area contributed by atoms with Crippen LogP contribution in [0.25, 0.3) is 27.6 Å². The van der Waals surface area contributed by atoms with E-state index in [0.717, 1.165) is 5.57 Å². The Morgan fingerprint density at radius 2 is 1.90 bits per heavy atom. The summed E-state index contributed by atoms with van der Waals surface area (Å²) in [5, 5.41) is 4.41. The summed E-state index contributed by atoms with van der Waals surface area (Å²) in [5.41, 5.74) is 3.71. The van der Waals surface area contributed by atoms with Crippen LogP contribution in [0.5, 0.6) is 11.5 Å². The van der Waals surface area contributed by atoms with Crippen LogP contribution >= 0.6 is 0 Å². The van der Waals surface area contributed by atoms with Crippen molar-refractivity contribution in [2.75, 3.05) is 13.2 Å². The van der Waals surface area contributed by atoms with Gasteiger partial charge in [-0.15, -0.1) is 0 Å². The van der Waals surface area contributed by atoms with Crippen LogP contribution < -0.4 is 4.74 Å². The molecule has 41 heavy (non-hydrogen) atoms. The first-order valence-electron chi connectivity index (χ1n) is 13.6. The molecule has 1 fully saturated rings. The number of ether oxygens (including phenoxy) is 2. The standard InChI is InChI=1S/C30H28F3N6O2/c1-16-36-21-5-7-24(26(31)28(21)37-16)41-23-6-4-20-27(25(23)18-10-29(2,3)40-15-18)38-22(12-34-20)19-11-35-39(14-19)13-17-8-30(32,33)9-17/h4-7,10-12,14,17,19H,8-9,13,15H2,1-3H3,(H,36,37)/q+1. The van der Waals surface area contributed by atoms with E-state index in [1.54, 1.807) is 48.3 Å². The number of aryl methyl sites for hydroxylation is 1. The Bertz CT molecular complexity index is 1800. The highest BCUT2D eigenvalue weighted by atomic mass is 19.3. The number of nitrogens with one attached hydrogen (secondary N) is 1. The number of halogens is 3. The van der Waals surface area contributed by atoms with Gasteiger partial charge in [0.1, 0.15) is 28.5 Å². The fraction of sp³-hybridized carbons (Fsp3) is 0.367. The predicted molar refractivity (Wildman–Crippen MR) is 149 cm³/mol. The van der Waals surface area contributed by atoms with Crippen molar-refractivity contribution in [3.63, 3.8) is 0 Å². The maximum Gasteiger partial charge on any atom is 0.249 e. The van der Waals surface area contributed by atoms with Gasteiger partial charge >= 0.3 is 0 Å². The number of nitrogens with zero attached hydrogens (tertiary/aromatic N) is 5. The van der Waals surface area contributed by atoms with Gasteiger partial charge in [0.05, 0.1) is 46.9 Å². The summed E-state index contributed by atoms with van der Waals surface area (Å²) in [6.45, 7) is 6.46. The third kappa shape index (κ3) is 4.77. The number of hydrogen-bond acceptors (Lipinski definition) is 6. The summed E-state index contributed by atoms with van der Waals surface area (Å²) in [5.74, 6) is -2.41. The largest absolute Gasteiger partial charge is 0.453 e. The van der Waals surface area contributed by atoms with Crippen molar-refractivity contribution in [2.45, 2.75) is 51.1 Å². The first kappa shape index (κ1) is 25.8. The number of benzene rings is 2. The zero-order valence-electron chi connectivity index (χ0n) is 22.8. The number of rotatable bonds is 6. The molecule has 2 aromatic heterocycles. The number of H-pyrrole nitrogens is 1. The predicted octanol–water partition coefficient (Wildman–Crippen LogP) is 6.15. The summed E-state index contributed by atoms with van der Waals surface area (Å²) >= 11 is 0. The van der Waals surface area contributed by atoms with Crippen molar-refractivity contribution in [3.05, 3.63) is 59.4 Å². The highest BCUT2D eigenvalue weighted by Gasteiger charge is 2.47. The number of aromatic amines is 1. The Hall–Kier alpha value is -4.12. The van der Waals surface area contributed by atoms with Crippen molar-refractivity contribution < 1.29 is 27.3 Å². The molecule has 210 valence electrons. The van der Waals surface area contributed by atoms with E-state index in [1.807, 2.05) is 26.1 Å². The lowest BCUT2D eigenvalue weighted by Crippen LogP contribution is -2.39. The minimum atomic E-state index is -2.56. The van der Waals surface area contributed by atoms with Gasteiger partial charge in [0, 0.05) is 18.8 Å². The van der Waals surface area contributed by atoms with Crippen molar-refractivity contribution >= 4 is 40.1 Å². The van der Waals surface area contributed by atoms with E-state index in [-0.39, 0.29) is 35.9 Å². The molecule has 1 saturated carbocycles. The van der Waals surface area contributed by atoms with E-state index >= 15 is 4.39 Å². The van der Waals surface area contributed by atoms with E-state index in [9.17, 15) is 8.78 Å². The first-order chi connectivity index (χ1) is 19.5. The normalized spacial score (nSPS) is 21.4. The van der Waals surface area contributed by atoms with Gasteiger partial charge in [-0.1, -0.05) is 4.68 Å². The van der Waals surface area contributed by atoms with Crippen LogP contribution in [0.2, 0.25) is 0 Å². The molecule has 2 aromatic carbocycles. The molecule has 7 rings (SSSR count). The quantitative estimate of drug-likeness (QED) is 0.285. The molecule has 0 radical (unpaired) electrons. The van der Waals surface area contributed by atoms with E-state index in [0.29, 0.717) is 52.5 Å². The fourth-order valence-corrected chi connectivity index (χ4v) is 5.74. The third-order valence-electron chi connectivity index (χ3n) is 7.70. The Kier molecular flexibility index (Phi) is 5.79. The Labute approximate surface area is 233 Å². The zero-order chi connectivity index (χ0) is 28.5. The number of fused-ring (bicyclic) bond motifs is 2. The van der Waals surface area contributed by atoms with Crippen LogP contribution in [-0.2, 0) is 4.74 Å². The lowest BCUT2D eigenvalue weighted by molar-refractivity contribution is -0.538. The number of hydrazone groups is 1. The Morgan fingerprint density at radius 1 is 1.10 bits per heavy atom. The molecule has 0 bridgehead atoms. The SMILES string of the molecule is Cc1nc2c(F)c(Oc3ccc4ncc(C5C=N[N+](CC6CC(F)(F)C6)=C5)nc4c3C3=CC(C)(C)OC3)ccc2[nH]1. The fourth-order valence-electron chi connectivity index (χ4n) is 5.74. The van der Waals surface area contributed by atoms with Gasteiger partial charge in [-0.25, -0.2) is 23.1 Å². The molecule has 1 N–H and O–H groups in total. The number of hydrogen-bond donors (Lipinski definition) is 1. The van der Waals surface area contributed by atoms with Crippen LogP contribution in [0.4, 0.5) is 13.2 Å². The topological polar surface area (TPSA) is 88.3 Å². The van der Waals surface area contributed by atoms with Crippen LogP contribution in [0.15, 0.2) is 41.6 Å². The van der Waals surface area contributed by atoms with Gasteiger partial charge in [0.15, 0.2) is 24.3 Å². The molecule has 3 aliphatic rings. The number of aromatic nitrogens is 4. The van der Waals surface area contributed by atoms with E-state index < -0.39 is 17.3 Å². The summed E-state index contributed by atoms with van der Waals surface area (Å²) in [6, 6.07) is 6.86. The van der Waals surface area contributed by atoms with Crippen molar-refractivity contribution in [2.24, 2.45) is 11.0 Å². The molecule has 4 heterocycles. The molecule has 0 spiro atoms. The lowest BCUT2D eigenvalue weighted by Gasteiger charge is -2.32. The summed E-state index contributed by atoms with van der Waals surface area (Å²) < 4.78 is 55.9. The zero-order valence-corrected chi connectivity index (χ0v) is 22.8. The average Bonchev–Trinajstić information content (AvgIpc) is 3.62. The molecule has 1 atom stereocenters. The minimum Gasteiger partial charge on any atom is -0.453 e. The van der Waals surface area contributed by atoms with Crippen molar-refractivity contribution in [1.29, 1.82) is 0 Å². The van der Waals surface area contributed by atoms with Crippen LogP contribution in [-0.4, -0.2) is 61.7 Å². The van der Waals surface area contributed by atoms with E-state index in [4.69, 9.17) is 14.5 Å². The minimum absolute atomic E-state index is 0.0426. The Balaban J connectivity index is 1.28. The smallest absolute Gasteiger partial charge is 0.249 e. The van der Waals surface area contributed by atoms with Gasteiger partial charge in [-0.3, -0.25) is 4.98 Å². The summed E-state index contributed by atoms with van der Waals surface area (Å²) in [4.78, 5) is 16.9. The second-order valence-electron chi connectivity index (χ2n) is 11.6. The number of imidazole rings is 1. The summed E-state index contributed by atoms with van der Waals surface area (Å²) in [6.07, 6.45) is 7.10. The van der Waals surface area contributed by atoms with Crippen LogP contribution in [0.3, 0.4) is 0 Å². The van der Waals surface area contributed by atoms with Crippen molar-refractivity contribution in [3.8, 4) is 11.5 Å². The van der Waals surface area contributed by atoms with Crippen molar-refractivity contribution in [1.82, 2.24) is 19.9 Å². The molecule has 2 aliphatic heterocycles. The molecule has 1 unspecified atom stereocenters. The molecular weight excluding hydrogens is 533 g/mol. The lowest BCUT2D eigenvalue weighted by atomic mass is 9.81. The molecule has 1 aliphatic carbocycles. The van der Waals surface area contributed by atoms with Gasteiger partial charge in [0.2, 0.25) is 5.92 Å². The summed E-state index contributed by atoms with van der Waals surface area (Å²) in [7, 11) is 0. The molecule has 0 amide bonds. The van der Waals surface area contributed by atoms with Crippen LogP contribution in [0.1, 0.15) is 49.7 Å². The average molecular weight is 562 g/mol. The molecule has 8 nitrogen and oxygen atoms in total. The van der Waals surface area contributed by atoms with E-state index in [2.05, 4.69) is 20.1 Å². The van der Waals surface area contributed by atoms with Gasteiger partial charge < -0.3 is 14.5 Å². The Morgan fingerprint density at radius 3 is 2.66 bits per heavy atom. The first-order valence-corrected chi connectivity index (χ1v) is 13.6. The third-order valence-corrected chi connectivity index (χ3v) is 7.70. The maximum atomic E-state index is 15.4. The highest BCUT2D eigenvalue weighted by Crippen LogP contribution is 2.43. The second kappa shape index (κ2) is 9.20. The van der Waals surface area contributed by atoms with Gasteiger partial charge in [-0.05, 0) is 61.8 Å². The molecule has 11 heteroatoms. The molecule has 0 saturated heterocycles. The van der Waals surface area contributed by atoms with Gasteiger partial charge in [-0.2, -0.15) is 0 Å². The molecular formula is C30H28F3N6O2+. The van der Waals surface area contributed by atoms with Gasteiger partial charge in [0.25, 0.3) is 0 Å². The van der Waals surface area contributed by atoms with Crippen LogP contribution in [0, 0.1) is 18.7 Å². The van der Waals surface area contributed by atoms with E-state index in [1.165, 1.54) is 0 Å². The molecule has 4 aromatic rings. The monoisotopic (exact) mass is 561 g/mol. The number of alkyl halides is 2. The second-order valence-corrected chi connectivity index (χ2v) is 11.6. The maximum absolute atomic E-state index is 15.4. The highest BCUT2D eigenvalue weighted by molar-refractivity contribution is 5.95.